The molecule has 137 heavy (non-hydrogen) atoms. The lowest BCUT2D eigenvalue weighted by Crippen LogP contribution is -2.21. The normalized spacial score (nSPS) is 12.9. The van der Waals surface area contributed by atoms with Gasteiger partial charge in [0.2, 0.25) is 0 Å². The van der Waals surface area contributed by atoms with Crippen LogP contribution in [-0.4, -0.2) is 0 Å². The third-order valence-electron chi connectivity index (χ3n) is 31.7. The van der Waals surface area contributed by atoms with Crippen molar-refractivity contribution >= 4 is 0 Å². The van der Waals surface area contributed by atoms with Crippen molar-refractivity contribution in [3.8, 4) is 0 Å². The summed E-state index contributed by atoms with van der Waals surface area (Å²) in [6, 6.07) is 0. The van der Waals surface area contributed by atoms with Crippen molar-refractivity contribution in [3.05, 3.63) is 72.9 Å². The molecule has 2 unspecified atom stereocenters. The van der Waals surface area contributed by atoms with Gasteiger partial charge in [-0.15, -0.1) is 0 Å². The summed E-state index contributed by atoms with van der Waals surface area (Å²) in [6.07, 6.45) is 194. The quantitative estimate of drug-likeness (QED) is 0.0421. The molecule has 0 saturated carbocycles. The molecule has 0 saturated heterocycles. The summed E-state index contributed by atoms with van der Waals surface area (Å²) < 4.78 is 0. The van der Waals surface area contributed by atoms with Crippen molar-refractivity contribution in [1.82, 2.24) is 0 Å². The van der Waals surface area contributed by atoms with Crippen LogP contribution in [0.2, 0.25) is 0 Å². The van der Waals surface area contributed by atoms with Gasteiger partial charge in [0.25, 0.3) is 0 Å². The van der Waals surface area contributed by atoms with Gasteiger partial charge in [-0.2, -0.15) is 0 Å². The van der Waals surface area contributed by atoms with Gasteiger partial charge in [-0.25, -0.2) is 0 Å². The van der Waals surface area contributed by atoms with Gasteiger partial charge in [0.05, 0.1) is 0 Å². The molecule has 814 valence electrons. The fourth-order valence-corrected chi connectivity index (χ4v) is 21.9. The second-order valence-corrected chi connectivity index (χ2v) is 46.5. The fourth-order valence-electron chi connectivity index (χ4n) is 21.9. The molecule has 0 aromatic heterocycles. The minimum Gasteiger partial charge on any atom is -0.0885 e. The maximum atomic E-state index is 2.53. The summed E-state index contributed by atoms with van der Waals surface area (Å²) in [6.45, 7) is 18.8. The van der Waals surface area contributed by atoms with Gasteiger partial charge < -0.3 is 0 Å². The Labute approximate surface area is 871 Å². The molecule has 0 radical (unpaired) electrons. The second-order valence-electron chi connectivity index (χ2n) is 46.5. The molecule has 0 spiro atoms. The number of allylic oxidation sites excluding steroid dienone is 12. The highest BCUT2D eigenvalue weighted by atomic mass is 14.3. The number of rotatable bonds is 121. The van der Waals surface area contributed by atoms with E-state index in [4.69, 9.17) is 0 Å². The SMILES string of the molecule is CCCCCCCC=CCCCCCCCCCCCCCC(CCCCCCCCCCCCC=CCCCCCCCC)(CCCCCCCCCCCCC=CCCCCCCCCC)CCCCCCCCCCCCCC=CCCCCCCCC(C)CCCCCCCCCCCCC=CCCCCCCCC.CCCCCCCCCCCCCC=CCCCCCC(C)C. The summed E-state index contributed by atoms with van der Waals surface area (Å²) in [5.74, 6) is 1.82. The molecule has 0 N–H and O–H groups in total. The van der Waals surface area contributed by atoms with Crippen molar-refractivity contribution in [3.63, 3.8) is 0 Å². The number of hydrogen-bond donors (Lipinski definition) is 0. The molecule has 0 bridgehead atoms. The van der Waals surface area contributed by atoms with Gasteiger partial charge in [-0.3, -0.25) is 0 Å². The molecule has 2 atom stereocenters. The van der Waals surface area contributed by atoms with E-state index < -0.39 is 0 Å². The summed E-state index contributed by atoms with van der Waals surface area (Å²) in [7, 11) is 0. The molecule has 0 amide bonds. The van der Waals surface area contributed by atoms with Crippen LogP contribution in [0.15, 0.2) is 72.9 Å². The molecular weight excluding hydrogens is 1650 g/mol. The molecule has 0 aromatic rings. The first-order chi connectivity index (χ1) is 67.9. The van der Waals surface area contributed by atoms with Gasteiger partial charge >= 0.3 is 0 Å². The fraction of sp³-hybridized carbons (Fsp3) is 0.912. The molecule has 0 heterocycles. The van der Waals surface area contributed by atoms with Gasteiger partial charge in [0, 0.05) is 0 Å². The Hall–Kier alpha value is -1.56. The lowest BCUT2D eigenvalue weighted by Gasteiger charge is -2.35. The summed E-state index contributed by atoms with van der Waals surface area (Å²) in [4.78, 5) is 0. The molecule has 0 fully saturated rings. The Kier molecular flexibility index (Phi) is 129. The average molecular weight is 1910 g/mol. The van der Waals surface area contributed by atoms with Crippen molar-refractivity contribution < 1.29 is 0 Å². The van der Waals surface area contributed by atoms with Gasteiger partial charge in [0.15, 0.2) is 0 Å². The summed E-state index contributed by atoms with van der Waals surface area (Å²) in [5.41, 5.74) is 0.619. The monoisotopic (exact) mass is 1910 g/mol. The zero-order valence-corrected chi connectivity index (χ0v) is 97.2. The molecule has 0 aliphatic rings. The van der Waals surface area contributed by atoms with Gasteiger partial charge in [-0.1, -0.05) is 680 Å². The highest BCUT2D eigenvalue weighted by molar-refractivity contribution is 4.87. The zero-order chi connectivity index (χ0) is 98.8. The first-order valence-electron chi connectivity index (χ1n) is 65.8. The Bertz CT molecular complexity index is 2250. The Balaban J connectivity index is 0. The minimum absolute atomic E-state index is 0.619. The lowest BCUT2D eigenvalue weighted by atomic mass is 9.70. The predicted octanol–water partition coefficient (Wildman–Crippen LogP) is 52.2. The van der Waals surface area contributed by atoms with E-state index in [1.165, 1.54) is 706 Å². The van der Waals surface area contributed by atoms with Crippen molar-refractivity contribution in [1.29, 1.82) is 0 Å². The van der Waals surface area contributed by atoms with Gasteiger partial charge in [0.1, 0.15) is 0 Å². The van der Waals surface area contributed by atoms with Crippen molar-refractivity contribution in [2.45, 2.75) is 787 Å². The molecule has 0 rings (SSSR count). The van der Waals surface area contributed by atoms with E-state index in [0.29, 0.717) is 5.41 Å². The van der Waals surface area contributed by atoms with Crippen molar-refractivity contribution in [2.24, 2.45) is 17.3 Å². The maximum Gasteiger partial charge on any atom is -0.0297 e. The second kappa shape index (κ2) is 129. The molecule has 0 aliphatic carbocycles. The molecule has 0 aliphatic heterocycles. The Morgan fingerprint density at radius 2 is 0.219 bits per heavy atom. The first-order valence-corrected chi connectivity index (χ1v) is 65.8. The van der Waals surface area contributed by atoms with E-state index in [2.05, 4.69) is 128 Å². The standard InChI is InChI=1S/C114H220.C23H46/c1-6-10-14-18-22-26-30-34-38-42-46-51-57-63-69-75-81-87-93-99-105-111-114(109-103-97-91-85-79-73-67-61-55-48-44-40-36-32-28-24-20-16-12-8-3,110-104-98-92-86-80-74-68-62-56-49-45-41-37-33-29-25-21-17-13-9-4)112-106-100-94-88-82-76-70-64-58-52-50-54-60-66-72-78-84-90-96-102-108-113(5)107-101-95-89-83-77-71-65-59-53-47-43-39-35-31-27-23-19-15-11-7-2;1-4-5-6-7-8-9-10-11-12-13-14-15-16-17-18-19-20-21-22-23(2)3/h32,35-39,41-42,60,66,113H,6-31,33-34,40,43-59,61-65,67-112H2,1-5H3;16-17,23H,4-15,18-22H2,1-3H3. The Morgan fingerprint density at radius 3 is 0.350 bits per heavy atom. The van der Waals surface area contributed by atoms with Crippen LogP contribution in [0.3, 0.4) is 0 Å². The highest BCUT2D eigenvalue weighted by Crippen LogP contribution is 2.43. The van der Waals surface area contributed by atoms with E-state index in [-0.39, 0.29) is 0 Å². The van der Waals surface area contributed by atoms with Crippen LogP contribution in [0.1, 0.15) is 787 Å². The maximum absolute atomic E-state index is 2.53. The van der Waals surface area contributed by atoms with E-state index in [1.54, 1.807) is 25.7 Å². The average Bonchev–Trinajstić information content (AvgIpc) is 0.867. The van der Waals surface area contributed by atoms with Crippen molar-refractivity contribution in [2.75, 3.05) is 0 Å². The van der Waals surface area contributed by atoms with Crippen LogP contribution in [0, 0.1) is 17.3 Å². The minimum atomic E-state index is 0.619. The molecule has 0 aromatic carbocycles. The lowest BCUT2D eigenvalue weighted by molar-refractivity contribution is 0.171. The van der Waals surface area contributed by atoms with Crippen LogP contribution in [0.25, 0.3) is 0 Å². The summed E-state index contributed by atoms with van der Waals surface area (Å²) in [5, 5.41) is 0. The van der Waals surface area contributed by atoms with Crippen LogP contribution in [-0.2, 0) is 0 Å². The van der Waals surface area contributed by atoms with E-state index >= 15 is 0 Å². The van der Waals surface area contributed by atoms with E-state index in [1.807, 2.05) is 0 Å². The zero-order valence-electron chi connectivity index (χ0n) is 97.2. The molecule has 0 heteroatoms. The first kappa shape index (κ1) is 137. The highest BCUT2D eigenvalue weighted by Gasteiger charge is 2.28. The number of hydrogen-bond acceptors (Lipinski definition) is 0. The largest absolute Gasteiger partial charge is 0.0885 e. The Morgan fingerprint density at radius 1 is 0.117 bits per heavy atom. The number of unbranched alkanes of at least 4 members (excludes halogenated alkanes) is 95. The van der Waals surface area contributed by atoms with E-state index in [9.17, 15) is 0 Å². The topological polar surface area (TPSA) is 0 Å². The van der Waals surface area contributed by atoms with Gasteiger partial charge in [-0.05, 0) is 197 Å². The van der Waals surface area contributed by atoms with Crippen LogP contribution in [0.5, 0.6) is 0 Å². The van der Waals surface area contributed by atoms with Crippen LogP contribution >= 0.6 is 0 Å². The third-order valence-corrected chi connectivity index (χ3v) is 31.7. The smallest absolute Gasteiger partial charge is 0.0297 e. The molecule has 0 nitrogen and oxygen atoms in total. The van der Waals surface area contributed by atoms with E-state index in [0.717, 1.165) is 11.8 Å². The van der Waals surface area contributed by atoms with Crippen LogP contribution in [0.4, 0.5) is 0 Å². The predicted molar refractivity (Wildman–Crippen MR) is 636 cm³/mol. The summed E-state index contributed by atoms with van der Waals surface area (Å²) >= 11 is 0. The van der Waals surface area contributed by atoms with Crippen LogP contribution < -0.4 is 0 Å². The molecular formula is C137H266. The third kappa shape index (κ3) is 127.